The predicted molar refractivity (Wildman–Crippen MR) is 79.3 cm³/mol. The number of nitrogens with zero attached hydrogens (tertiary/aromatic N) is 1. The molecule has 0 aliphatic heterocycles. The lowest BCUT2D eigenvalue weighted by Gasteiger charge is -2.16. The Labute approximate surface area is 122 Å². The first-order valence-electron chi connectivity index (χ1n) is 5.80. The third-order valence-electron chi connectivity index (χ3n) is 2.51. The number of rotatable bonds is 5. The van der Waals surface area contributed by atoms with Crippen molar-refractivity contribution in [2.24, 2.45) is 0 Å². The highest BCUT2D eigenvalue weighted by Crippen LogP contribution is 2.19. The molecule has 1 amide bonds. The first kappa shape index (κ1) is 15.5. The summed E-state index contributed by atoms with van der Waals surface area (Å²) in [7, 11) is 4.03. The zero-order valence-corrected chi connectivity index (χ0v) is 13.2. The van der Waals surface area contributed by atoms with Crippen molar-refractivity contribution in [1.29, 1.82) is 0 Å². The molecule has 0 heterocycles. The fourth-order valence-electron chi connectivity index (χ4n) is 1.52. The summed E-state index contributed by atoms with van der Waals surface area (Å²) in [5, 5.41) is 3.51. The molecule has 1 N–H and O–H groups in total. The molecule has 100 valence electrons. The van der Waals surface area contributed by atoms with Crippen LogP contribution in [0.5, 0.6) is 0 Å². The molecule has 1 atom stereocenters. The zero-order valence-electron chi connectivity index (χ0n) is 10.8. The molecule has 0 aliphatic carbocycles. The minimum atomic E-state index is -0.0931. The van der Waals surface area contributed by atoms with Crippen LogP contribution in [-0.4, -0.2) is 37.5 Å². The van der Waals surface area contributed by atoms with Gasteiger partial charge in [-0.25, -0.2) is 0 Å². The van der Waals surface area contributed by atoms with Gasteiger partial charge in [0.25, 0.3) is 5.91 Å². The molecule has 1 aromatic rings. The van der Waals surface area contributed by atoms with Crippen LogP contribution in [0, 0.1) is 0 Å². The second kappa shape index (κ2) is 7.12. The Bertz CT molecular complexity index is 403. The van der Waals surface area contributed by atoms with Gasteiger partial charge in [0.05, 0.1) is 0 Å². The Hall–Kier alpha value is -0.580. The number of carbonyl (C=O) groups is 1. The first-order chi connectivity index (χ1) is 8.38. The molecule has 0 aliphatic rings. The van der Waals surface area contributed by atoms with Crippen LogP contribution in [0.2, 0.25) is 5.02 Å². The van der Waals surface area contributed by atoms with Gasteiger partial charge in [-0.3, -0.25) is 4.79 Å². The lowest BCUT2D eigenvalue weighted by Crippen LogP contribution is -2.34. The number of halogens is 2. The smallest absolute Gasteiger partial charge is 0.251 e. The molecule has 0 bridgehead atoms. The minimum Gasteiger partial charge on any atom is -0.350 e. The van der Waals surface area contributed by atoms with Gasteiger partial charge in [-0.1, -0.05) is 27.5 Å². The predicted octanol–water partition coefficient (Wildman–Crippen LogP) is 3.17. The highest BCUT2D eigenvalue weighted by Gasteiger charge is 2.11. The summed E-state index contributed by atoms with van der Waals surface area (Å²) in [5.74, 6) is -0.0931. The van der Waals surface area contributed by atoms with Gasteiger partial charge in [0, 0.05) is 21.1 Å². The van der Waals surface area contributed by atoms with E-state index in [9.17, 15) is 4.79 Å². The number of hydrogen-bond acceptors (Lipinski definition) is 2. The molecule has 0 radical (unpaired) electrons. The summed E-state index contributed by atoms with van der Waals surface area (Å²) >= 11 is 9.24. The summed E-state index contributed by atoms with van der Waals surface area (Å²) in [6.45, 7) is 2.95. The van der Waals surface area contributed by atoms with E-state index in [1.807, 2.05) is 21.0 Å². The topological polar surface area (TPSA) is 32.3 Å². The Balaban J connectivity index is 2.59. The summed E-state index contributed by atoms with van der Waals surface area (Å²) < 4.78 is 0.807. The van der Waals surface area contributed by atoms with Crippen molar-refractivity contribution in [3.8, 4) is 0 Å². The highest BCUT2D eigenvalue weighted by atomic mass is 79.9. The molecule has 18 heavy (non-hydrogen) atoms. The number of nitrogens with one attached hydrogen (secondary N) is 1. The summed E-state index contributed by atoms with van der Waals surface area (Å²) in [4.78, 5) is 14.1. The van der Waals surface area contributed by atoms with Gasteiger partial charge in [0.1, 0.15) is 0 Å². The van der Waals surface area contributed by atoms with Gasteiger partial charge in [0.2, 0.25) is 0 Å². The average Bonchev–Trinajstić information content (AvgIpc) is 2.25. The van der Waals surface area contributed by atoms with Gasteiger partial charge < -0.3 is 10.2 Å². The second-order valence-electron chi connectivity index (χ2n) is 4.62. The number of amides is 1. The van der Waals surface area contributed by atoms with Gasteiger partial charge in [-0.2, -0.15) is 0 Å². The summed E-state index contributed by atoms with van der Waals surface area (Å²) in [6, 6.07) is 5.33. The molecule has 1 rings (SSSR count). The number of carbonyl (C=O) groups excluding carboxylic acids is 1. The number of hydrogen-bond donors (Lipinski definition) is 1. The minimum absolute atomic E-state index is 0.0931. The van der Waals surface area contributed by atoms with E-state index >= 15 is 0 Å². The molecule has 3 nitrogen and oxygen atoms in total. The second-order valence-corrected chi connectivity index (χ2v) is 5.98. The standard InChI is InChI=1S/C13H18BrClN2O/c1-9(4-5-17(2)3)16-13(18)10-6-11(14)8-12(15)7-10/h6-9H,4-5H2,1-3H3,(H,16,18). The van der Waals surface area contributed by atoms with Crippen molar-refractivity contribution in [3.05, 3.63) is 33.3 Å². The average molecular weight is 334 g/mol. The van der Waals surface area contributed by atoms with Crippen LogP contribution in [-0.2, 0) is 0 Å². The van der Waals surface area contributed by atoms with E-state index < -0.39 is 0 Å². The van der Waals surface area contributed by atoms with Crippen molar-refractivity contribution in [2.45, 2.75) is 19.4 Å². The molecule has 5 heteroatoms. The van der Waals surface area contributed by atoms with Crippen molar-refractivity contribution in [1.82, 2.24) is 10.2 Å². The third-order valence-corrected chi connectivity index (χ3v) is 3.19. The molecule has 0 saturated carbocycles. The van der Waals surface area contributed by atoms with E-state index in [4.69, 9.17) is 11.6 Å². The normalized spacial score (nSPS) is 12.6. The van der Waals surface area contributed by atoms with E-state index in [0.717, 1.165) is 17.4 Å². The Kier molecular flexibility index (Phi) is 6.12. The van der Waals surface area contributed by atoms with Crippen molar-refractivity contribution < 1.29 is 4.79 Å². The summed E-state index contributed by atoms with van der Waals surface area (Å²) in [5.41, 5.74) is 0.575. The SMILES string of the molecule is CC(CCN(C)C)NC(=O)c1cc(Cl)cc(Br)c1. The zero-order chi connectivity index (χ0) is 13.7. The maximum absolute atomic E-state index is 12.0. The van der Waals surface area contributed by atoms with Crippen LogP contribution in [0.25, 0.3) is 0 Å². The van der Waals surface area contributed by atoms with Crippen LogP contribution in [0.3, 0.4) is 0 Å². The Morgan fingerprint density at radius 2 is 2.11 bits per heavy atom. The quantitative estimate of drug-likeness (QED) is 0.897. The maximum Gasteiger partial charge on any atom is 0.251 e. The highest BCUT2D eigenvalue weighted by molar-refractivity contribution is 9.10. The molecule has 0 saturated heterocycles. The van der Waals surface area contributed by atoms with E-state index in [0.29, 0.717) is 10.6 Å². The molecule has 0 fully saturated rings. The van der Waals surface area contributed by atoms with Crippen LogP contribution in [0.15, 0.2) is 22.7 Å². The van der Waals surface area contributed by atoms with Gasteiger partial charge in [-0.05, 0) is 52.2 Å². The van der Waals surface area contributed by atoms with Crippen molar-refractivity contribution >= 4 is 33.4 Å². The molecule has 0 aromatic heterocycles. The van der Waals surface area contributed by atoms with Crippen LogP contribution in [0.1, 0.15) is 23.7 Å². The first-order valence-corrected chi connectivity index (χ1v) is 6.97. The largest absolute Gasteiger partial charge is 0.350 e. The number of benzene rings is 1. The molecular weight excluding hydrogens is 316 g/mol. The third kappa shape index (κ3) is 5.38. The summed E-state index contributed by atoms with van der Waals surface area (Å²) in [6.07, 6.45) is 0.917. The van der Waals surface area contributed by atoms with Crippen LogP contribution in [0.4, 0.5) is 0 Å². The van der Waals surface area contributed by atoms with Gasteiger partial charge >= 0.3 is 0 Å². The lowest BCUT2D eigenvalue weighted by atomic mass is 10.1. The fraction of sp³-hybridized carbons (Fsp3) is 0.462. The molecule has 1 unspecified atom stereocenters. The Morgan fingerprint density at radius 3 is 2.67 bits per heavy atom. The van der Waals surface area contributed by atoms with Gasteiger partial charge in [-0.15, -0.1) is 0 Å². The van der Waals surface area contributed by atoms with E-state index in [-0.39, 0.29) is 11.9 Å². The monoisotopic (exact) mass is 332 g/mol. The fourth-order valence-corrected chi connectivity index (χ4v) is 2.38. The molecule has 1 aromatic carbocycles. The van der Waals surface area contributed by atoms with E-state index in [1.165, 1.54) is 0 Å². The van der Waals surface area contributed by atoms with Gasteiger partial charge in [0.15, 0.2) is 0 Å². The molecular formula is C13H18BrClN2O. The van der Waals surface area contributed by atoms with Crippen LogP contribution >= 0.6 is 27.5 Å². The van der Waals surface area contributed by atoms with Crippen LogP contribution < -0.4 is 5.32 Å². The maximum atomic E-state index is 12.0. The van der Waals surface area contributed by atoms with E-state index in [2.05, 4.69) is 26.1 Å². The molecule has 0 spiro atoms. The van der Waals surface area contributed by atoms with Crippen molar-refractivity contribution in [3.63, 3.8) is 0 Å². The Morgan fingerprint density at radius 1 is 1.44 bits per heavy atom. The lowest BCUT2D eigenvalue weighted by molar-refractivity contribution is 0.0936. The van der Waals surface area contributed by atoms with E-state index in [1.54, 1.807) is 18.2 Å². The van der Waals surface area contributed by atoms with Crippen molar-refractivity contribution in [2.75, 3.05) is 20.6 Å².